The van der Waals surface area contributed by atoms with Crippen molar-refractivity contribution in [3.8, 4) is 0 Å². The Morgan fingerprint density at radius 3 is 2.05 bits per heavy atom. The Labute approximate surface area is 238 Å². The summed E-state index contributed by atoms with van der Waals surface area (Å²) in [5, 5.41) is 2.70. The third-order valence-corrected chi connectivity index (χ3v) is 10.8. The van der Waals surface area contributed by atoms with Gasteiger partial charge in [0.1, 0.15) is 0 Å². The van der Waals surface area contributed by atoms with Gasteiger partial charge in [-0.05, 0) is 67.6 Å². The number of halogens is 1. The number of piperazine rings is 1. The van der Waals surface area contributed by atoms with Gasteiger partial charge < -0.3 is 10.2 Å². The number of anilines is 1. The number of benzene rings is 3. The minimum Gasteiger partial charge on any atom is -0.325 e. The van der Waals surface area contributed by atoms with E-state index in [1.54, 1.807) is 12.1 Å². The van der Waals surface area contributed by atoms with E-state index in [2.05, 4.69) is 26.1 Å². The molecule has 0 aliphatic carbocycles. The van der Waals surface area contributed by atoms with Gasteiger partial charge in [-0.2, -0.15) is 8.61 Å². The zero-order valence-corrected chi connectivity index (χ0v) is 24.8. The standard InChI is InChI=1S/C27H31BrN4O5S2/c1-30-17-19-31(20-18-30)38(34,35)26-13-9-24(10-14-26)29-27(33)21-32(16-15-22-5-3-2-4-6-22)39(36,37)25-11-7-23(28)8-12-25/h2-14H,15-21H2,1H3,(H,29,33). The van der Waals surface area contributed by atoms with Crippen LogP contribution in [0.3, 0.4) is 0 Å². The van der Waals surface area contributed by atoms with Crippen LogP contribution in [-0.2, 0) is 31.3 Å². The quantitative estimate of drug-likeness (QED) is 0.367. The SMILES string of the molecule is CN1CCN(S(=O)(=O)c2ccc(NC(=O)CN(CCc3ccccc3)S(=O)(=O)c3ccc(Br)cc3)cc2)CC1. The van der Waals surface area contributed by atoms with E-state index in [1.807, 2.05) is 37.4 Å². The molecule has 0 unspecified atom stereocenters. The average Bonchev–Trinajstić information content (AvgIpc) is 2.92. The minimum atomic E-state index is -3.95. The highest BCUT2D eigenvalue weighted by Crippen LogP contribution is 2.22. The first-order valence-electron chi connectivity index (χ1n) is 12.4. The lowest BCUT2D eigenvalue weighted by Crippen LogP contribution is -2.46. The summed E-state index contributed by atoms with van der Waals surface area (Å²) in [6.45, 7) is 1.88. The Morgan fingerprint density at radius 1 is 0.846 bits per heavy atom. The molecule has 9 nitrogen and oxygen atoms in total. The number of carbonyl (C=O) groups excluding carboxylic acids is 1. The van der Waals surface area contributed by atoms with E-state index in [1.165, 1.54) is 40.7 Å². The molecule has 1 amide bonds. The second-order valence-electron chi connectivity index (χ2n) is 9.31. The molecule has 0 bridgehead atoms. The Morgan fingerprint density at radius 2 is 1.44 bits per heavy atom. The summed E-state index contributed by atoms with van der Waals surface area (Å²) in [5.41, 5.74) is 1.33. The van der Waals surface area contributed by atoms with Crippen molar-refractivity contribution in [1.29, 1.82) is 0 Å². The Balaban J connectivity index is 1.46. The summed E-state index contributed by atoms with van der Waals surface area (Å²) in [4.78, 5) is 15.3. The van der Waals surface area contributed by atoms with Crippen LogP contribution in [0.1, 0.15) is 5.56 Å². The van der Waals surface area contributed by atoms with Crippen LogP contribution < -0.4 is 5.32 Å². The smallest absolute Gasteiger partial charge is 0.243 e. The summed E-state index contributed by atoms with van der Waals surface area (Å²) in [7, 11) is -5.64. The molecule has 1 aliphatic heterocycles. The molecule has 3 aromatic rings. The maximum atomic E-state index is 13.4. The molecule has 0 saturated carbocycles. The maximum Gasteiger partial charge on any atom is 0.243 e. The highest BCUT2D eigenvalue weighted by atomic mass is 79.9. The van der Waals surface area contributed by atoms with Crippen LogP contribution >= 0.6 is 15.9 Å². The number of nitrogens with one attached hydrogen (secondary N) is 1. The number of likely N-dealkylation sites (N-methyl/N-ethyl adjacent to an activating group) is 1. The number of carbonyl (C=O) groups is 1. The second-order valence-corrected chi connectivity index (χ2v) is 14.1. The fourth-order valence-corrected chi connectivity index (χ4v) is 7.27. The first-order chi connectivity index (χ1) is 18.6. The molecule has 0 aromatic heterocycles. The van der Waals surface area contributed by atoms with E-state index in [0.29, 0.717) is 38.3 Å². The third kappa shape index (κ3) is 7.53. The van der Waals surface area contributed by atoms with Crippen molar-refractivity contribution in [2.24, 2.45) is 0 Å². The average molecular weight is 636 g/mol. The lowest BCUT2D eigenvalue weighted by atomic mass is 10.1. The zero-order valence-electron chi connectivity index (χ0n) is 21.5. The molecule has 1 N–H and O–H groups in total. The molecular weight excluding hydrogens is 604 g/mol. The van der Waals surface area contributed by atoms with Crippen molar-refractivity contribution in [3.05, 3.63) is 88.9 Å². The highest BCUT2D eigenvalue weighted by molar-refractivity contribution is 9.10. The van der Waals surface area contributed by atoms with Gasteiger partial charge in [0.25, 0.3) is 0 Å². The number of amides is 1. The number of hydrogen-bond donors (Lipinski definition) is 1. The molecule has 1 heterocycles. The molecule has 1 saturated heterocycles. The van der Waals surface area contributed by atoms with Crippen LogP contribution in [0.25, 0.3) is 0 Å². The topological polar surface area (TPSA) is 107 Å². The van der Waals surface area contributed by atoms with Crippen molar-refractivity contribution in [3.63, 3.8) is 0 Å². The van der Waals surface area contributed by atoms with Crippen molar-refractivity contribution in [2.45, 2.75) is 16.2 Å². The fraction of sp³-hybridized carbons (Fsp3) is 0.296. The largest absolute Gasteiger partial charge is 0.325 e. The molecule has 3 aromatic carbocycles. The van der Waals surface area contributed by atoms with Gasteiger partial charge >= 0.3 is 0 Å². The Bertz CT molecular complexity index is 1480. The van der Waals surface area contributed by atoms with E-state index in [4.69, 9.17) is 0 Å². The maximum absolute atomic E-state index is 13.4. The third-order valence-electron chi connectivity index (χ3n) is 6.50. The van der Waals surface area contributed by atoms with E-state index in [9.17, 15) is 21.6 Å². The predicted octanol–water partition coefficient (Wildman–Crippen LogP) is 3.26. The van der Waals surface area contributed by atoms with E-state index in [-0.39, 0.29) is 16.3 Å². The molecule has 4 rings (SSSR count). The minimum absolute atomic E-state index is 0.0880. The number of sulfonamides is 2. The van der Waals surface area contributed by atoms with Gasteiger partial charge in [0, 0.05) is 42.9 Å². The van der Waals surface area contributed by atoms with Crippen LogP contribution in [0.5, 0.6) is 0 Å². The molecule has 1 aliphatic rings. The first-order valence-corrected chi connectivity index (χ1v) is 16.1. The lowest BCUT2D eigenvalue weighted by Gasteiger charge is -2.31. The predicted molar refractivity (Wildman–Crippen MR) is 154 cm³/mol. The molecule has 208 valence electrons. The molecule has 0 atom stereocenters. The van der Waals surface area contributed by atoms with E-state index >= 15 is 0 Å². The molecular formula is C27H31BrN4O5S2. The lowest BCUT2D eigenvalue weighted by molar-refractivity contribution is -0.116. The zero-order chi connectivity index (χ0) is 28.0. The van der Waals surface area contributed by atoms with Crippen LogP contribution in [0.2, 0.25) is 0 Å². The van der Waals surface area contributed by atoms with Crippen LogP contribution in [-0.4, -0.2) is 82.6 Å². The first kappa shape index (κ1) is 29.4. The number of nitrogens with zero attached hydrogens (tertiary/aromatic N) is 3. The van der Waals surface area contributed by atoms with Gasteiger partial charge in [-0.15, -0.1) is 0 Å². The summed E-state index contributed by atoms with van der Waals surface area (Å²) in [6.07, 6.45) is 0.433. The molecule has 0 radical (unpaired) electrons. The fourth-order valence-electron chi connectivity index (χ4n) is 4.19. The monoisotopic (exact) mass is 634 g/mol. The van der Waals surface area contributed by atoms with Crippen molar-refractivity contribution < 1.29 is 21.6 Å². The molecule has 12 heteroatoms. The Kier molecular flexibility index (Phi) is 9.57. The normalized spacial score (nSPS) is 15.4. The van der Waals surface area contributed by atoms with Gasteiger partial charge in [0.05, 0.1) is 16.3 Å². The van der Waals surface area contributed by atoms with Gasteiger partial charge in [-0.1, -0.05) is 46.3 Å². The highest BCUT2D eigenvalue weighted by Gasteiger charge is 2.28. The van der Waals surface area contributed by atoms with E-state index < -0.39 is 32.5 Å². The summed E-state index contributed by atoms with van der Waals surface area (Å²) < 4.78 is 56.2. The van der Waals surface area contributed by atoms with Crippen LogP contribution in [0.4, 0.5) is 5.69 Å². The Hall–Kier alpha value is -2.61. The summed E-state index contributed by atoms with van der Waals surface area (Å²) >= 11 is 3.32. The van der Waals surface area contributed by atoms with Crippen molar-refractivity contribution >= 4 is 47.6 Å². The second kappa shape index (κ2) is 12.7. The van der Waals surface area contributed by atoms with Gasteiger partial charge in [0.2, 0.25) is 26.0 Å². The van der Waals surface area contributed by atoms with Gasteiger partial charge in [-0.3, -0.25) is 4.79 Å². The molecule has 1 fully saturated rings. The van der Waals surface area contributed by atoms with Crippen LogP contribution in [0.15, 0.2) is 93.1 Å². The number of hydrogen-bond acceptors (Lipinski definition) is 6. The van der Waals surface area contributed by atoms with Gasteiger partial charge in [0.15, 0.2) is 0 Å². The molecule has 0 spiro atoms. The van der Waals surface area contributed by atoms with Crippen molar-refractivity contribution in [1.82, 2.24) is 13.5 Å². The van der Waals surface area contributed by atoms with E-state index in [0.717, 1.165) is 14.3 Å². The summed E-state index contributed by atoms with van der Waals surface area (Å²) in [5.74, 6) is -0.529. The number of rotatable bonds is 10. The molecule has 39 heavy (non-hydrogen) atoms. The van der Waals surface area contributed by atoms with Crippen LogP contribution in [0, 0.1) is 0 Å². The van der Waals surface area contributed by atoms with Gasteiger partial charge in [-0.25, -0.2) is 16.8 Å². The van der Waals surface area contributed by atoms with Crippen molar-refractivity contribution in [2.75, 3.05) is 51.6 Å². The summed E-state index contributed by atoms with van der Waals surface area (Å²) in [6, 6.07) is 21.6.